The van der Waals surface area contributed by atoms with Crippen molar-refractivity contribution < 1.29 is 13.6 Å². The minimum absolute atomic E-state index is 0.0149. The number of carbonyl (C=O) groups is 1. The molecule has 1 unspecified atom stereocenters. The molecule has 0 aliphatic carbocycles. The van der Waals surface area contributed by atoms with Gasteiger partial charge in [-0.25, -0.2) is 8.78 Å². The highest BCUT2D eigenvalue weighted by Gasteiger charge is 2.49. The van der Waals surface area contributed by atoms with E-state index in [1.165, 1.54) is 11.3 Å². The summed E-state index contributed by atoms with van der Waals surface area (Å²) in [5.41, 5.74) is 2.86. The van der Waals surface area contributed by atoms with Crippen LogP contribution in [0.1, 0.15) is 58.4 Å². The molecule has 6 heteroatoms. The van der Waals surface area contributed by atoms with Crippen molar-refractivity contribution in [3.63, 3.8) is 0 Å². The van der Waals surface area contributed by atoms with Gasteiger partial charge in [0.2, 0.25) is 5.91 Å². The van der Waals surface area contributed by atoms with Gasteiger partial charge in [-0.2, -0.15) is 0 Å². The summed E-state index contributed by atoms with van der Waals surface area (Å²) in [5.74, 6) is -2.76. The summed E-state index contributed by atoms with van der Waals surface area (Å²) in [6.07, 6.45) is 2.64. The summed E-state index contributed by atoms with van der Waals surface area (Å²) in [4.78, 5) is 18.7. The number of rotatable bonds is 5. The van der Waals surface area contributed by atoms with Crippen LogP contribution in [0.5, 0.6) is 0 Å². The molecular weight excluding hydrogens is 408 g/mol. The number of hydrogen-bond acceptors (Lipinski definition) is 3. The average molecular weight is 448 g/mol. The fraction of sp³-hybridized carbons (Fsp3) is 0.731. The zero-order valence-corrected chi connectivity index (χ0v) is 20.1. The van der Waals surface area contributed by atoms with Crippen LogP contribution in [0.4, 0.5) is 14.5 Å². The fourth-order valence-electron chi connectivity index (χ4n) is 5.84. The largest absolute Gasteiger partial charge is 0.371 e. The molecule has 0 saturated carbocycles. The van der Waals surface area contributed by atoms with E-state index in [0.29, 0.717) is 18.9 Å². The Kier molecular flexibility index (Phi) is 6.54. The van der Waals surface area contributed by atoms with Gasteiger partial charge in [0.05, 0.1) is 13.1 Å². The highest BCUT2D eigenvalue weighted by atomic mass is 19.3. The van der Waals surface area contributed by atoms with Crippen LogP contribution >= 0.6 is 0 Å². The summed E-state index contributed by atoms with van der Waals surface area (Å²) in [7, 11) is 0. The molecule has 4 rings (SSSR count). The van der Waals surface area contributed by atoms with Gasteiger partial charge < -0.3 is 9.80 Å². The molecule has 3 aliphatic heterocycles. The Morgan fingerprint density at radius 2 is 1.62 bits per heavy atom. The predicted octanol–water partition coefficient (Wildman–Crippen LogP) is 4.85. The quantitative estimate of drug-likeness (QED) is 0.646. The van der Waals surface area contributed by atoms with Gasteiger partial charge in [-0.3, -0.25) is 9.69 Å². The SMILES string of the molecule is CC(C)c1ccc(N2CCC3(CC2)CN(C(=O)CN2CCC(C(C)C)C(F)(F)C2)C3)cc1. The summed E-state index contributed by atoms with van der Waals surface area (Å²) in [5, 5.41) is 0. The lowest BCUT2D eigenvalue weighted by Crippen LogP contribution is -2.63. The lowest BCUT2D eigenvalue weighted by atomic mass is 9.72. The maximum atomic E-state index is 14.5. The van der Waals surface area contributed by atoms with Gasteiger partial charge in [-0.15, -0.1) is 0 Å². The Morgan fingerprint density at radius 1 is 1.00 bits per heavy atom. The van der Waals surface area contributed by atoms with Crippen LogP contribution in [0.25, 0.3) is 0 Å². The summed E-state index contributed by atoms with van der Waals surface area (Å²) < 4.78 is 28.9. The van der Waals surface area contributed by atoms with Gasteiger partial charge in [0.15, 0.2) is 0 Å². The van der Waals surface area contributed by atoms with Crippen molar-refractivity contribution in [1.82, 2.24) is 9.80 Å². The lowest BCUT2D eigenvalue weighted by Gasteiger charge is -2.54. The van der Waals surface area contributed by atoms with Crippen LogP contribution in [0.15, 0.2) is 24.3 Å². The lowest BCUT2D eigenvalue weighted by molar-refractivity contribution is -0.153. The van der Waals surface area contributed by atoms with E-state index in [9.17, 15) is 13.6 Å². The van der Waals surface area contributed by atoms with E-state index in [4.69, 9.17) is 0 Å². The zero-order valence-electron chi connectivity index (χ0n) is 20.1. The van der Waals surface area contributed by atoms with E-state index >= 15 is 0 Å². The molecule has 3 aliphatic rings. The van der Waals surface area contributed by atoms with E-state index in [-0.39, 0.29) is 30.3 Å². The van der Waals surface area contributed by atoms with Crippen molar-refractivity contribution in [3.8, 4) is 0 Å². The molecule has 0 bridgehead atoms. The predicted molar refractivity (Wildman–Crippen MR) is 125 cm³/mol. The molecule has 4 nitrogen and oxygen atoms in total. The molecule has 1 aromatic rings. The molecule has 0 aromatic heterocycles. The first kappa shape index (κ1) is 23.5. The van der Waals surface area contributed by atoms with Gasteiger partial charge >= 0.3 is 0 Å². The van der Waals surface area contributed by atoms with Crippen LogP contribution in [-0.2, 0) is 4.79 Å². The van der Waals surface area contributed by atoms with Gasteiger partial charge in [-0.1, -0.05) is 39.8 Å². The van der Waals surface area contributed by atoms with Crippen molar-refractivity contribution in [3.05, 3.63) is 29.8 Å². The van der Waals surface area contributed by atoms with Gasteiger partial charge in [0, 0.05) is 43.2 Å². The Hall–Kier alpha value is -1.69. The van der Waals surface area contributed by atoms with Crippen LogP contribution < -0.4 is 4.90 Å². The Balaban J connectivity index is 1.23. The standard InChI is InChI=1S/C26H39F2N3O/c1-19(2)21-5-7-22(8-6-21)30-13-10-25(11-14-30)16-31(17-25)24(32)15-29-12-9-23(20(3)4)26(27,28)18-29/h5-8,19-20,23H,9-18H2,1-4H3. The number of amides is 1. The summed E-state index contributed by atoms with van der Waals surface area (Å²) >= 11 is 0. The second kappa shape index (κ2) is 8.92. The summed E-state index contributed by atoms with van der Waals surface area (Å²) in [6, 6.07) is 8.90. The minimum Gasteiger partial charge on any atom is -0.371 e. The van der Waals surface area contributed by atoms with E-state index in [1.807, 2.05) is 18.7 Å². The van der Waals surface area contributed by atoms with Crippen LogP contribution in [-0.4, -0.2) is 67.4 Å². The van der Waals surface area contributed by atoms with Crippen LogP contribution in [0.2, 0.25) is 0 Å². The minimum atomic E-state index is -2.71. The Morgan fingerprint density at radius 3 is 2.16 bits per heavy atom. The average Bonchev–Trinajstić information content (AvgIpc) is 2.71. The number of alkyl halides is 2. The molecule has 178 valence electrons. The molecule has 0 radical (unpaired) electrons. The maximum absolute atomic E-state index is 14.5. The van der Waals surface area contributed by atoms with E-state index in [0.717, 1.165) is 39.0 Å². The number of benzene rings is 1. The monoisotopic (exact) mass is 447 g/mol. The van der Waals surface area contributed by atoms with Gasteiger partial charge in [0.1, 0.15) is 0 Å². The van der Waals surface area contributed by atoms with Crippen molar-refractivity contribution in [2.24, 2.45) is 17.3 Å². The first-order valence-electron chi connectivity index (χ1n) is 12.3. The molecule has 32 heavy (non-hydrogen) atoms. The molecule has 3 heterocycles. The molecule has 1 amide bonds. The van der Waals surface area contributed by atoms with E-state index in [1.54, 1.807) is 4.90 Å². The first-order chi connectivity index (χ1) is 15.1. The highest BCUT2D eigenvalue weighted by molar-refractivity contribution is 5.79. The fourth-order valence-corrected chi connectivity index (χ4v) is 5.84. The third kappa shape index (κ3) is 4.80. The smallest absolute Gasteiger partial charge is 0.263 e. The summed E-state index contributed by atoms with van der Waals surface area (Å²) in [6.45, 7) is 12.2. The van der Waals surface area contributed by atoms with Crippen molar-refractivity contribution in [2.75, 3.05) is 50.7 Å². The molecule has 1 atom stereocenters. The molecule has 0 N–H and O–H groups in total. The van der Waals surface area contributed by atoms with Crippen molar-refractivity contribution in [1.29, 1.82) is 0 Å². The number of anilines is 1. The normalized spacial score (nSPS) is 25.4. The third-order valence-electron chi connectivity index (χ3n) is 8.05. The number of hydrogen-bond donors (Lipinski definition) is 0. The molecule has 3 fully saturated rings. The van der Waals surface area contributed by atoms with Gasteiger partial charge in [0.25, 0.3) is 5.92 Å². The van der Waals surface area contributed by atoms with Crippen molar-refractivity contribution in [2.45, 2.75) is 58.8 Å². The number of nitrogens with zero attached hydrogens (tertiary/aromatic N) is 3. The van der Waals surface area contributed by atoms with Crippen LogP contribution in [0, 0.1) is 17.3 Å². The molecular formula is C26H39F2N3O. The number of likely N-dealkylation sites (tertiary alicyclic amines) is 2. The van der Waals surface area contributed by atoms with Crippen molar-refractivity contribution >= 4 is 11.6 Å². The second-order valence-electron chi connectivity index (χ2n) is 11.1. The zero-order chi connectivity index (χ0) is 23.1. The van der Waals surface area contributed by atoms with E-state index in [2.05, 4.69) is 43.0 Å². The third-order valence-corrected chi connectivity index (χ3v) is 8.05. The Labute approximate surface area is 191 Å². The first-order valence-corrected chi connectivity index (χ1v) is 12.3. The van der Waals surface area contributed by atoms with Gasteiger partial charge in [-0.05, 0) is 55.3 Å². The topological polar surface area (TPSA) is 26.8 Å². The van der Waals surface area contributed by atoms with E-state index < -0.39 is 11.8 Å². The number of halogens is 2. The number of piperidine rings is 2. The Bertz CT molecular complexity index is 792. The second-order valence-corrected chi connectivity index (χ2v) is 11.1. The molecule has 3 saturated heterocycles. The highest BCUT2D eigenvalue weighted by Crippen LogP contribution is 2.42. The molecule has 1 aromatic carbocycles. The maximum Gasteiger partial charge on any atom is 0.263 e. The van der Waals surface area contributed by atoms with Crippen LogP contribution in [0.3, 0.4) is 0 Å². The number of carbonyl (C=O) groups excluding carboxylic acids is 1. The molecule has 1 spiro atoms.